The Balaban J connectivity index is 1.42. The van der Waals surface area contributed by atoms with Gasteiger partial charge in [-0.25, -0.2) is 4.79 Å². The Morgan fingerprint density at radius 1 is 1.11 bits per heavy atom. The van der Waals surface area contributed by atoms with Gasteiger partial charge in [-0.3, -0.25) is 9.69 Å². The average molecular weight is 380 g/mol. The number of carbonyl (C=O) groups is 2. The van der Waals surface area contributed by atoms with Crippen molar-refractivity contribution >= 4 is 17.7 Å². The van der Waals surface area contributed by atoms with Gasteiger partial charge in [-0.1, -0.05) is 30.3 Å². The van der Waals surface area contributed by atoms with Crippen molar-refractivity contribution in [1.82, 2.24) is 4.90 Å². The maximum Gasteiger partial charge on any atom is 0.414 e. The number of hydrogen-bond acceptors (Lipinski definition) is 4. The highest BCUT2D eigenvalue weighted by Gasteiger charge is 2.35. The van der Waals surface area contributed by atoms with Crippen LogP contribution in [-0.4, -0.2) is 43.1 Å². The minimum atomic E-state index is -0.294. The van der Waals surface area contributed by atoms with Crippen molar-refractivity contribution in [2.24, 2.45) is 0 Å². The van der Waals surface area contributed by atoms with Crippen molar-refractivity contribution in [2.45, 2.75) is 32.1 Å². The largest absolute Gasteiger partial charge is 0.444 e. The van der Waals surface area contributed by atoms with E-state index in [1.54, 1.807) is 12.0 Å². The van der Waals surface area contributed by atoms with E-state index in [-0.39, 0.29) is 18.0 Å². The molecule has 6 nitrogen and oxygen atoms in total. The fourth-order valence-corrected chi connectivity index (χ4v) is 3.94. The summed E-state index contributed by atoms with van der Waals surface area (Å²) in [6.45, 7) is 2.10. The van der Waals surface area contributed by atoms with Gasteiger partial charge in [0.1, 0.15) is 6.61 Å². The van der Waals surface area contributed by atoms with E-state index < -0.39 is 0 Å². The summed E-state index contributed by atoms with van der Waals surface area (Å²) in [5.74, 6) is 0.0315. The van der Waals surface area contributed by atoms with Crippen molar-refractivity contribution in [1.29, 1.82) is 0 Å². The van der Waals surface area contributed by atoms with Gasteiger partial charge >= 0.3 is 6.09 Å². The minimum absolute atomic E-state index is 0.0315. The first-order chi connectivity index (χ1) is 13.7. The first kappa shape index (κ1) is 18.5. The molecule has 2 amide bonds. The van der Waals surface area contributed by atoms with Crippen LogP contribution >= 0.6 is 0 Å². The highest BCUT2D eigenvalue weighted by Crippen LogP contribution is 2.32. The molecule has 146 valence electrons. The number of fused-ring (bicyclic) bond motifs is 1. The summed E-state index contributed by atoms with van der Waals surface area (Å²) in [5.41, 5.74) is 3.68. The molecule has 0 N–H and O–H groups in total. The van der Waals surface area contributed by atoms with Gasteiger partial charge in [-0.15, -0.1) is 0 Å². The van der Waals surface area contributed by atoms with Crippen LogP contribution in [0.2, 0.25) is 0 Å². The summed E-state index contributed by atoms with van der Waals surface area (Å²) in [4.78, 5) is 28.8. The summed E-state index contributed by atoms with van der Waals surface area (Å²) >= 11 is 0. The number of methoxy groups -OCH3 is 1. The molecule has 0 atom stereocenters. The fraction of sp³-hybridized carbons (Fsp3) is 0.364. The van der Waals surface area contributed by atoms with Gasteiger partial charge in [0, 0.05) is 37.4 Å². The monoisotopic (exact) mass is 380 g/mol. The number of para-hydroxylation sites is 1. The van der Waals surface area contributed by atoms with Crippen LogP contribution in [0, 0.1) is 0 Å². The van der Waals surface area contributed by atoms with Crippen LogP contribution in [0.5, 0.6) is 0 Å². The molecule has 1 saturated heterocycles. The van der Waals surface area contributed by atoms with E-state index in [9.17, 15) is 9.59 Å². The van der Waals surface area contributed by atoms with Gasteiger partial charge < -0.3 is 14.4 Å². The fourth-order valence-electron chi connectivity index (χ4n) is 3.94. The van der Waals surface area contributed by atoms with Crippen molar-refractivity contribution in [2.75, 3.05) is 25.1 Å². The van der Waals surface area contributed by atoms with Crippen LogP contribution in [0.25, 0.3) is 0 Å². The topological polar surface area (TPSA) is 59.1 Å². The van der Waals surface area contributed by atoms with Gasteiger partial charge in [0.15, 0.2) is 0 Å². The van der Waals surface area contributed by atoms with Gasteiger partial charge in [-0.2, -0.15) is 0 Å². The molecular formula is C22H24N2O4. The first-order valence-electron chi connectivity index (χ1n) is 9.58. The maximum absolute atomic E-state index is 12.8. The lowest BCUT2D eigenvalue weighted by molar-refractivity contribution is 0.0708. The predicted octanol–water partition coefficient (Wildman–Crippen LogP) is 3.59. The lowest BCUT2D eigenvalue weighted by atomic mass is 10.00. The predicted molar refractivity (Wildman–Crippen MR) is 105 cm³/mol. The normalized spacial score (nSPS) is 17.2. The summed E-state index contributed by atoms with van der Waals surface area (Å²) < 4.78 is 10.5. The molecule has 0 aromatic heterocycles. The lowest BCUT2D eigenvalue weighted by Gasteiger charge is -2.40. The summed E-state index contributed by atoms with van der Waals surface area (Å²) in [7, 11) is 1.65. The SMILES string of the molecule is COCc1ccc(C(=O)N2CCC(N3C(=O)OCc4ccccc43)CC2)cc1. The molecule has 2 aromatic rings. The molecule has 0 aliphatic carbocycles. The third kappa shape index (κ3) is 3.60. The zero-order chi connectivity index (χ0) is 19.5. The van der Waals surface area contributed by atoms with Crippen LogP contribution in [0.15, 0.2) is 48.5 Å². The summed E-state index contributed by atoms with van der Waals surface area (Å²) in [6.07, 6.45) is 1.17. The van der Waals surface area contributed by atoms with Gasteiger partial charge in [0.25, 0.3) is 5.91 Å². The molecule has 0 bridgehead atoms. The minimum Gasteiger partial charge on any atom is -0.444 e. The number of anilines is 1. The van der Waals surface area contributed by atoms with E-state index in [0.29, 0.717) is 31.9 Å². The number of amides is 2. The second-order valence-electron chi connectivity index (χ2n) is 7.21. The van der Waals surface area contributed by atoms with Crippen molar-refractivity contribution in [3.05, 3.63) is 65.2 Å². The van der Waals surface area contributed by atoms with E-state index >= 15 is 0 Å². The van der Waals surface area contributed by atoms with E-state index in [2.05, 4.69) is 0 Å². The summed E-state index contributed by atoms with van der Waals surface area (Å²) in [6, 6.07) is 15.4. The quantitative estimate of drug-likeness (QED) is 0.813. The van der Waals surface area contributed by atoms with E-state index in [0.717, 1.165) is 29.7 Å². The van der Waals surface area contributed by atoms with Crippen LogP contribution < -0.4 is 4.90 Å². The zero-order valence-electron chi connectivity index (χ0n) is 16.0. The number of nitrogens with zero attached hydrogens (tertiary/aromatic N) is 2. The molecule has 1 fully saturated rings. The van der Waals surface area contributed by atoms with E-state index in [1.165, 1.54) is 0 Å². The second kappa shape index (κ2) is 8.02. The Hall–Kier alpha value is -2.86. The highest BCUT2D eigenvalue weighted by atomic mass is 16.6. The Morgan fingerprint density at radius 3 is 2.54 bits per heavy atom. The molecular weight excluding hydrogens is 356 g/mol. The zero-order valence-corrected chi connectivity index (χ0v) is 16.0. The maximum atomic E-state index is 12.8. The number of ether oxygens (including phenoxy) is 2. The van der Waals surface area contributed by atoms with Crippen molar-refractivity contribution in [3.8, 4) is 0 Å². The molecule has 2 aliphatic heterocycles. The number of cyclic esters (lactones) is 1. The number of carbonyl (C=O) groups excluding carboxylic acids is 2. The molecule has 0 unspecified atom stereocenters. The van der Waals surface area contributed by atoms with Crippen molar-refractivity contribution < 1.29 is 19.1 Å². The molecule has 4 rings (SSSR count). The molecule has 6 heteroatoms. The summed E-state index contributed by atoms with van der Waals surface area (Å²) in [5, 5.41) is 0. The van der Waals surface area contributed by atoms with Crippen LogP contribution in [0.3, 0.4) is 0 Å². The number of piperidine rings is 1. The number of benzene rings is 2. The van der Waals surface area contributed by atoms with Crippen molar-refractivity contribution in [3.63, 3.8) is 0 Å². The molecule has 0 saturated carbocycles. The Bertz CT molecular complexity index is 857. The van der Waals surface area contributed by atoms with E-state index in [1.807, 2.05) is 53.4 Å². The second-order valence-corrected chi connectivity index (χ2v) is 7.21. The molecule has 0 radical (unpaired) electrons. The van der Waals surface area contributed by atoms with Gasteiger partial charge in [-0.05, 0) is 36.6 Å². The molecule has 2 aromatic carbocycles. The third-order valence-electron chi connectivity index (χ3n) is 5.43. The molecule has 2 heterocycles. The average Bonchev–Trinajstić information content (AvgIpc) is 2.74. The van der Waals surface area contributed by atoms with Crippen LogP contribution in [0.4, 0.5) is 10.5 Å². The number of hydrogen-bond donors (Lipinski definition) is 0. The molecule has 28 heavy (non-hydrogen) atoms. The smallest absolute Gasteiger partial charge is 0.414 e. The standard InChI is InChI=1S/C22H24N2O4/c1-27-14-16-6-8-17(9-7-16)21(25)23-12-10-19(11-13-23)24-20-5-3-2-4-18(20)15-28-22(24)26/h2-9,19H,10-15H2,1H3. The van der Waals surface area contributed by atoms with Gasteiger partial charge in [0.2, 0.25) is 0 Å². The Labute approximate surface area is 164 Å². The number of rotatable bonds is 4. The molecule has 0 spiro atoms. The van der Waals surface area contributed by atoms with Crippen LogP contribution in [-0.2, 0) is 22.7 Å². The molecule has 2 aliphatic rings. The van der Waals surface area contributed by atoms with Gasteiger partial charge in [0.05, 0.1) is 12.3 Å². The Kier molecular flexibility index (Phi) is 5.30. The number of likely N-dealkylation sites (tertiary alicyclic amines) is 1. The highest BCUT2D eigenvalue weighted by molar-refractivity contribution is 5.94. The van der Waals surface area contributed by atoms with Crippen LogP contribution in [0.1, 0.15) is 34.3 Å². The Morgan fingerprint density at radius 2 is 1.82 bits per heavy atom. The lowest BCUT2D eigenvalue weighted by Crippen LogP contribution is -2.50. The first-order valence-corrected chi connectivity index (χ1v) is 9.58. The van der Waals surface area contributed by atoms with E-state index in [4.69, 9.17) is 9.47 Å². The third-order valence-corrected chi connectivity index (χ3v) is 5.43.